The molecule has 2 fully saturated rings. The summed E-state index contributed by atoms with van der Waals surface area (Å²) in [6.45, 7) is 1.05. The minimum absolute atomic E-state index is 0.0128. The number of amides is 2. The van der Waals surface area contributed by atoms with Crippen molar-refractivity contribution in [2.45, 2.75) is 49.9 Å². The standard InChI is InChI=1S/C26H27F3N4O4/c27-26(28,29)18-3-1-2-17(10-18)24(35)31-14-23(34)33(20-12-30-13-20)19-7-4-15(5-8-19)16-6-9-22-21(11-16)32-25(36)37-22/h1-3,6,9-11,15,19-20,30H,4-5,7-8,12-14H2,(H,31,35)(H,32,36). The largest absolute Gasteiger partial charge is 0.417 e. The third kappa shape index (κ3) is 5.41. The Morgan fingerprint density at radius 2 is 1.78 bits per heavy atom. The zero-order valence-corrected chi connectivity index (χ0v) is 19.9. The van der Waals surface area contributed by atoms with Gasteiger partial charge in [-0.25, -0.2) is 4.79 Å². The molecule has 1 saturated carbocycles. The number of fused-ring (bicyclic) bond motifs is 1. The van der Waals surface area contributed by atoms with E-state index in [-0.39, 0.29) is 36.0 Å². The molecule has 0 atom stereocenters. The summed E-state index contributed by atoms with van der Waals surface area (Å²) < 4.78 is 44.0. The van der Waals surface area contributed by atoms with E-state index in [2.05, 4.69) is 15.6 Å². The van der Waals surface area contributed by atoms with Crippen molar-refractivity contribution < 1.29 is 27.2 Å². The van der Waals surface area contributed by atoms with Gasteiger partial charge in [-0.15, -0.1) is 0 Å². The van der Waals surface area contributed by atoms with Crippen molar-refractivity contribution in [1.82, 2.24) is 20.5 Å². The number of carbonyl (C=O) groups is 2. The number of nitrogens with one attached hydrogen (secondary N) is 3. The molecule has 3 N–H and O–H groups in total. The Hall–Kier alpha value is -3.60. The quantitative estimate of drug-likeness (QED) is 0.466. The van der Waals surface area contributed by atoms with Crippen LogP contribution in [0.4, 0.5) is 13.2 Å². The Morgan fingerprint density at radius 1 is 1.03 bits per heavy atom. The van der Waals surface area contributed by atoms with E-state index < -0.39 is 23.4 Å². The molecule has 2 aliphatic rings. The highest BCUT2D eigenvalue weighted by Crippen LogP contribution is 2.36. The molecule has 196 valence electrons. The molecule has 2 aromatic carbocycles. The molecule has 0 unspecified atom stereocenters. The van der Waals surface area contributed by atoms with Crippen LogP contribution in [-0.4, -0.2) is 53.4 Å². The highest BCUT2D eigenvalue weighted by atomic mass is 19.4. The number of aromatic nitrogens is 1. The molecule has 0 spiro atoms. The van der Waals surface area contributed by atoms with Crippen LogP contribution in [0.2, 0.25) is 0 Å². The number of nitrogens with zero attached hydrogens (tertiary/aromatic N) is 1. The number of oxazole rings is 1. The van der Waals surface area contributed by atoms with Crippen LogP contribution in [0.25, 0.3) is 11.1 Å². The number of benzene rings is 2. The molecule has 0 bridgehead atoms. The summed E-state index contributed by atoms with van der Waals surface area (Å²) in [4.78, 5) is 41.7. The first-order valence-corrected chi connectivity index (χ1v) is 12.3. The highest BCUT2D eigenvalue weighted by molar-refractivity contribution is 5.96. The van der Waals surface area contributed by atoms with Crippen LogP contribution in [0.5, 0.6) is 0 Å². The molecule has 2 amide bonds. The topological polar surface area (TPSA) is 107 Å². The normalized spacial score (nSPS) is 20.4. The molecule has 3 aromatic rings. The number of carbonyl (C=O) groups excluding carboxylic acids is 2. The summed E-state index contributed by atoms with van der Waals surface area (Å²) in [5, 5.41) is 5.67. The molecule has 1 saturated heterocycles. The van der Waals surface area contributed by atoms with E-state index >= 15 is 0 Å². The predicted molar refractivity (Wildman–Crippen MR) is 129 cm³/mol. The van der Waals surface area contributed by atoms with Gasteiger partial charge in [0.05, 0.1) is 23.7 Å². The van der Waals surface area contributed by atoms with Crippen LogP contribution in [0.1, 0.15) is 53.1 Å². The van der Waals surface area contributed by atoms with Crippen molar-refractivity contribution in [2.75, 3.05) is 19.6 Å². The van der Waals surface area contributed by atoms with Gasteiger partial charge in [0.15, 0.2) is 5.58 Å². The summed E-state index contributed by atoms with van der Waals surface area (Å²) in [7, 11) is 0. The van der Waals surface area contributed by atoms with Gasteiger partial charge in [0, 0.05) is 24.7 Å². The van der Waals surface area contributed by atoms with E-state index in [0.717, 1.165) is 43.4 Å². The van der Waals surface area contributed by atoms with Crippen LogP contribution in [0, 0.1) is 0 Å². The number of alkyl halides is 3. The maximum absolute atomic E-state index is 13.2. The Bertz CT molecular complexity index is 1350. The maximum Gasteiger partial charge on any atom is 0.417 e. The van der Waals surface area contributed by atoms with Gasteiger partial charge in [-0.1, -0.05) is 12.1 Å². The molecule has 1 aliphatic carbocycles. The molecule has 0 radical (unpaired) electrons. The van der Waals surface area contributed by atoms with Gasteiger partial charge in [-0.2, -0.15) is 13.2 Å². The monoisotopic (exact) mass is 516 g/mol. The van der Waals surface area contributed by atoms with Crippen molar-refractivity contribution >= 4 is 22.9 Å². The van der Waals surface area contributed by atoms with E-state index in [1.165, 1.54) is 12.1 Å². The molecule has 37 heavy (non-hydrogen) atoms. The lowest BCUT2D eigenvalue weighted by molar-refractivity contribution is -0.138. The Balaban J connectivity index is 1.21. The van der Waals surface area contributed by atoms with Crippen molar-refractivity contribution in [2.24, 2.45) is 0 Å². The Morgan fingerprint density at radius 3 is 2.46 bits per heavy atom. The van der Waals surface area contributed by atoms with E-state index in [1.807, 2.05) is 17.0 Å². The van der Waals surface area contributed by atoms with E-state index in [4.69, 9.17) is 4.42 Å². The van der Waals surface area contributed by atoms with Gasteiger partial charge >= 0.3 is 11.9 Å². The SMILES string of the molecule is O=C(NCC(=O)N(C1CCC(c2ccc3oc(=O)[nH]c3c2)CC1)C1CNC1)c1cccc(C(F)(F)F)c1. The van der Waals surface area contributed by atoms with Crippen molar-refractivity contribution in [3.63, 3.8) is 0 Å². The van der Waals surface area contributed by atoms with E-state index in [9.17, 15) is 27.6 Å². The summed E-state index contributed by atoms with van der Waals surface area (Å²) in [5.41, 5.74) is 1.24. The molecule has 8 nitrogen and oxygen atoms in total. The fraction of sp³-hybridized carbons (Fsp3) is 0.423. The fourth-order valence-corrected chi connectivity index (χ4v) is 5.27. The lowest BCUT2D eigenvalue weighted by Crippen LogP contribution is -2.63. The number of rotatable bonds is 6. The smallest absolute Gasteiger partial charge is 0.408 e. The van der Waals surface area contributed by atoms with Crippen LogP contribution >= 0.6 is 0 Å². The summed E-state index contributed by atoms with van der Waals surface area (Å²) >= 11 is 0. The number of hydrogen-bond acceptors (Lipinski definition) is 5. The number of hydrogen-bond donors (Lipinski definition) is 3. The van der Waals surface area contributed by atoms with Crippen LogP contribution in [0.15, 0.2) is 51.7 Å². The average molecular weight is 517 g/mol. The molecular formula is C26H27F3N4O4. The average Bonchev–Trinajstić information content (AvgIpc) is 3.23. The summed E-state index contributed by atoms with van der Waals surface area (Å²) in [5.74, 6) is -1.16. The maximum atomic E-state index is 13.2. The third-order valence-corrected chi connectivity index (χ3v) is 7.30. The summed E-state index contributed by atoms with van der Waals surface area (Å²) in [6.07, 6.45) is -1.26. The van der Waals surface area contributed by atoms with Gasteiger partial charge < -0.3 is 20.0 Å². The van der Waals surface area contributed by atoms with E-state index in [0.29, 0.717) is 24.2 Å². The zero-order valence-electron chi connectivity index (χ0n) is 19.9. The van der Waals surface area contributed by atoms with Gasteiger partial charge in [-0.05, 0) is 67.5 Å². The van der Waals surface area contributed by atoms with Gasteiger partial charge in [0.25, 0.3) is 5.91 Å². The molecule has 1 aliphatic heterocycles. The highest BCUT2D eigenvalue weighted by Gasteiger charge is 2.36. The lowest BCUT2D eigenvalue weighted by atomic mass is 9.80. The third-order valence-electron chi connectivity index (χ3n) is 7.30. The van der Waals surface area contributed by atoms with Crippen molar-refractivity contribution in [3.05, 3.63) is 69.7 Å². The van der Waals surface area contributed by atoms with Crippen molar-refractivity contribution in [3.8, 4) is 0 Å². The van der Waals surface area contributed by atoms with Gasteiger partial charge in [0.1, 0.15) is 0 Å². The predicted octanol–water partition coefficient (Wildman–Crippen LogP) is 3.40. The Kier molecular flexibility index (Phi) is 6.80. The number of aromatic amines is 1. The second-order valence-electron chi connectivity index (χ2n) is 9.65. The van der Waals surface area contributed by atoms with Gasteiger partial charge in [-0.3, -0.25) is 14.6 Å². The van der Waals surface area contributed by atoms with E-state index in [1.54, 1.807) is 6.07 Å². The van der Waals surface area contributed by atoms with Crippen LogP contribution in [-0.2, 0) is 11.0 Å². The first-order chi connectivity index (χ1) is 17.7. The summed E-state index contributed by atoms with van der Waals surface area (Å²) in [6, 6.07) is 9.87. The van der Waals surface area contributed by atoms with Gasteiger partial charge in [0.2, 0.25) is 5.91 Å². The molecule has 5 rings (SSSR count). The first-order valence-electron chi connectivity index (χ1n) is 12.3. The molecule has 11 heteroatoms. The lowest BCUT2D eigenvalue weighted by Gasteiger charge is -2.45. The number of H-pyrrole nitrogens is 1. The number of halogens is 3. The molecule has 2 heterocycles. The first kappa shape index (κ1) is 25.1. The second kappa shape index (κ2) is 10.0. The second-order valence-corrected chi connectivity index (χ2v) is 9.65. The minimum atomic E-state index is -4.56. The Labute approximate surface area is 210 Å². The van der Waals surface area contributed by atoms with Crippen LogP contribution in [0.3, 0.4) is 0 Å². The zero-order chi connectivity index (χ0) is 26.2. The molecule has 1 aromatic heterocycles. The van der Waals surface area contributed by atoms with Crippen LogP contribution < -0.4 is 16.4 Å². The minimum Gasteiger partial charge on any atom is -0.408 e. The molecular weight excluding hydrogens is 489 g/mol. The fourth-order valence-electron chi connectivity index (χ4n) is 5.27. The van der Waals surface area contributed by atoms with Crippen molar-refractivity contribution in [1.29, 1.82) is 0 Å².